The van der Waals surface area contributed by atoms with E-state index in [0.29, 0.717) is 32.7 Å². The van der Waals surface area contributed by atoms with Crippen molar-refractivity contribution in [3.05, 3.63) is 86.0 Å². The molecule has 0 bridgehead atoms. The summed E-state index contributed by atoms with van der Waals surface area (Å²) in [5.74, 6) is -0.298. The first-order valence-electron chi connectivity index (χ1n) is 12.6. The summed E-state index contributed by atoms with van der Waals surface area (Å²) in [5.41, 5.74) is 0. The van der Waals surface area contributed by atoms with Crippen LogP contribution in [0.1, 0.15) is 33.6 Å². The van der Waals surface area contributed by atoms with E-state index in [1.807, 2.05) is 18.2 Å². The summed E-state index contributed by atoms with van der Waals surface area (Å²) in [6.07, 6.45) is 3.56. The molecule has 36 heavy (non-hydrogen) atoms. The summed E-state index contributed by atoms with van der Waals surface area (Å²) in [6.45, 7) is 15.9. The molecule has 0 saturated heterocycles. The van der Waals surface area contributed by atoms with Crippen molar-refractivity contribution < 1.29 is 23.7 Å². The van der Waals surface area contributed by atoms with Gasteiger partial charge < -0.3 is 23.7 Å². The molecule has 3 atom stereocenters. The fourth-order valence-corrected chi connectivity index (χ4v) is 9.26. The van der Waals surface area contributed by atoms with Gasteiger partial charge in [-0.1, -0.05) is 93.6 Å². The molecule has 198 valence electrons. The third-order valence-electron chi connectivity index (χ3n) is 6.49. The van der Waals surface area contributed by atoms with Crippen LogP contribution in [0.2, 0.25) is 5.04 Å². The second-order valence-corrected chi connectivity index (χ2v) is 14.3. The number of ether oxygens (including phenoxy) is 3. The highest BCUT2D eigenvalue weighted by molar-refractivity contribution is 6.99. The van der Waals surface area contributed by atoms with Crippen LogP contribution in [0, 0.1) is 5.92 Å². The molecule has 2 rings (SSSR count). The quantitative estimate of drug-likeness (QED) is 0.144. The van der Waals surface area contributed by atoms with Gasteiger partial charge in [0, 0.05) is 19.6 Å². The molecule has 0 aromatic heterocycles. The van der Waals surface area contributed by atoms with Crippen molar-refractivity contribution in [2.45, 2.75) is 50.9 Å². The highest BCUT2D eigenvalue weighted by Gasteiger charge is 2.50. The third-order valence-corrected chi connectivity index (χ3v) is 11.5. The molecule has 2 aromatic rings. The van der Waals surface area contributed by atoms with Gasteiger partial charge in [-0.15, -0.1) is 13.2 Å². The Morgan fingerprint density at radius 2 is 1.44 bits per heavy atom. The molecular formula is C30H44O5Si. The second-order valence-electron chi connectivity index (χ2n) is 9.98. The van der Waals surface area contributed by atoms with Gasteiger partial charge in [0.1, 0.15) is 6.79 Å². The fourth-order valence-electron chi connectivity index (χ4n) is 4.66. The van der Waals surface area contributed by atoms with Gasteiger partial charge in [-0.05, 0) is 28.3 Å². The minimum Gasteiger partial charge on any atom is -0.407 e. The fraction of sp³-hybridized carbons (Fsp3) is 0.467. The van der Waals surface area contributed by atoms with Crippen molar-refractivity contribution >= 4 is 18.7 Å². The highest BCUT2D eigenvalue weighted by Crippen LogP contribution is 2.37. The Kier molecular flexibility index (Phi) is 12.8. The Balaban J connectivity index is 2.44. The van der Waals surface area contributed by atoms with Crippen LogP contribution < -0.4 is 10.4 Å². The maximum absolute atomic E-state index is 11.2. The zero-order valence-electron chi connectivity index (χ0n) is 22.4. The summed E-state index contributed by atoms with van der Waals surface area (Å²) in [4.78, 5) is 0. The van der Waals surface area contributed by atoms with Crippen LogP contribution in [-0.4, -0.2) is 59.4 Å². The maximum Gasteiger partial charge on any atom is 0.261 e. The summed E-state index contributed by atoms with van der Waals surface area (Å²) in [7, 11) is -1.13. The number of aliphatic hydroxyl groups excluding tert-OH is 1. The Labute approximate surface area is 218 Å². The highest BCUT2D eigenvalue weighted by atomic mass is 28.4. The Bertz CT molecular complexity index is 842. The van der Waals surface area contributed by atoms with E-state index in [0.717, 1.165) is 0 Å². The Morgan fingerprint density at radius 3 is 1.92 bits per heavy atom. The topological polar surface area (TPSA) is 57.2 Å². The molecule has 0 unspecified atom stereocenters. The maximum atomic E-state index is 11.2. The SMILES string of the molecule is C=CC[C@H](O)[C@@H](CO[Si](c1ccccc1)(c1ccccc1)C(C)(C)C)[C@@H](CC=C)OCOCCOC. The standard InChI is InChI=1S/C30H44O5Si/c1-7-15-28(31)27(29(16-8-2)34-24-33-22-21-32-6)23-35-36(30(3,4)5,25-17-11-9-12-18-25)26-19-13-10-14-20-26/h7-14,17-20,27-29,31H,1-2,15-16,21-24H2,3-6H3/t27-,28+,29-/m1/s1. The van der Waals surface area contributed by atoms with E-state index >= 15 is 0 Å². The normalized spacial score (nSPS) is 14.7. The molecule has 2 aromatic carbocycles. The smallest absolute Gasteiger partial charge is 0.261 e. The molecular weight excluding hydrogens is 468 g/mol. The zero-order chi connectivity index (χ0) is 26.4. The van der Waals surface area contributed by atoms with Crippen LogP contribution >= 0.6 is 0 Å². The van der Waals surface area contributed by atoms with E-state index in [2.05, 4.69) is 82.5 Å². The second kappa shape index (κ2) is 15.2. The van der Waals surface area contributed by atoms with Crippen LogP contribution in [0.3, 0.4) is 0 Å². The van der Waals surface area contributed by atoms with Gasteiger partial charge in [-0.25, -0.2) is 0 Å². The van der Waals surface area contributed by atoms with Gasteiger partial charge >= 0.3 is 0 Å². The summed E-state index contributed by atoms with van der Waals surface area (Å²) in [5, 5.41) is 13.4. The lowest BCUT2D eigenvalue weighted by atomic mass is 9.92. The molecule has 1 N–H and O–H groups in total. The van der Waals surface area contributed by atoms with E-state index in [4.69, 9.17) is 18.6 Å². The predicted octanol–water partition coefficient (Wildman–Crippen LogP) is 4.70. The van der Waals surface area contributed by atoms with Crippen LogP contribution in [0.4, 0.5) is 0 Å². The number of aliphatic hydroxyl groups is 1. The van der Waals surface area contributed by atoms with Gasteiger partial charge in [-0.2, -0.15) is 0 Å². The molecule has 0 heterocycles. The Morgan fingerprint density at radius 1 is 0.889 bits per heavy atom. The molecule has 0 aliphatic carbocycles. The van der Waals surface area contributed by atoms with Gasteiger partial charge in [0.2, 0.25) is 0 Å². The van der Waals surface area contributed by atoms with Crippen molar-refractivity contribution in [1.29, 1.82) is 0 Å². The lowest BCUT2D eigenvalue weighted by molar-refractivity contribution is -0.131. The summed E-state index contributed by atoms with van der Waals surface area (Å²) < 4.78 is 23.9. The molecule has 6 heteroatoms. The molecule has 0 aliphatic rings. The predicted molar refractivity (Wildman–Crippen MR) is 150 cm³/mol. The van der Waals surface area contributed by atoms with E-state index in [9.17, 15) is 5.11 Å². The first-order valence-corrected chi connectivity index (χ1v) is 14.6. The van der Waals surface area contributed by atoms with Gasteiger partial charge in [0.15, 0.2) is 0 Å². The average Bonchev–Trinajstić information content (AvgIpc) is 2.86. The van der Waals surface area contributed by atoms with Crippen molar-refractivity contribution in [3.8, 4) is 0 Å². The van der Waals surface area contributed by atoms with Crippen LogP contribution in [0.25, 0.3) is 0 Å². The van der Waals surface area contributed by atoms with Crippen LogP contribution in [0.15, 0.2) is 86.0 Å². The third kappa shape index (κ3) is 7.97. The van der Waals surface area contributed by atoms with E-state index in [-0.39, 0.29) is 23.9 Å². The minimum atomic E-state index is -2.76. The molecule has 0 spiro atoms. The first-order chi connectivity index (χ1) is 17.3. The van der Waals surface area contributed by atoms with Crippen molar-refractivity contribution in [1.82, 2.24) is 0 Å². The number of benzene rings is 2. The summed E-state index contributed by atoms with van der Waals surface area (Å²) >= 11 is 0. The first kappa shape index (κ1) is 30.2. The number of hydrogen-bond donors (Lipinski definition) is 1. The molecule has 5 nitrogen and oxygen atoms in total. The summed E-state index contributed by atoms with van der Waals surface area (Å²) in [6, 6.07) is 21.0. The van der Waals surface area contributed by atoms with Gasteiger partial charge in [0.05, 0.1) is 25.4 Å². The zero-order valence-corrected chi connectivity index (χ0v) is 23.4. The van der Waals surface area contributed by atoms with Crippen molar-refractivity contribution in [2.75, 3.05) is 33.7 Å². The van der Waals surface area contributed by atoms with Crippen molar-refractivity contribution in [2.24, 2.45) is 5.92 Å². The van der Waals surface area contributed by atoms with E-state index in [1.165, 1.54) is 10.4 Å². The van der Waals surface area contributed by atoms with Gasteiger partial charge in [-0.3, -0.25) is 0 Å². The Hall–Kier alpha value is -2.06. The van der Waals surface area contributed by atoms with E-state index in [1.54, 1.807) is 13.2 Å². The van der Waals surface area contributed by atoms with E-state index < -0.39 is 14.4 Å². The van der Waals surface area contributed by atoms with Gasteiger partial charge in [0.25, 0.3) is 8.32 Å². The molecule has 0 radical (unpaired) electrons. The monoisotopic (exact) mass is 512 g/mol. The lowest BCUT2D eigenvalue weighted by Gasteiger charge is -2.44. The molecule has 0 saturated carbocycles. The number of rotatable bonds is 17. The molecule has 0 fully saturated rings. The average molecular weight is 513 g/mol. The molecule has 0 amide bonds. The number of methoxy groups -OCH3 is 1. The van der Waals surface area contributed by atoms with Crippen LogP contribution in [0.5, 0.6) is 0 Å². The largest absolute Gasteiger partial charge is 0.407 e. The van der Waals surface area contributed by atoms with Crippen LogP contribution in [-0.2, 0) is 18.6 Å². The number of hydrogen-bond acceptors (Lipinski definition) is 5. The lowest BCUT2D eigenvalue weighted by Crippen LogP contribution is -2.67. The minimum absolute atomic E-state index is 0.110. The van der Waals surface area contributed by atoms with Crippen molar-refractivity contribution in [3.63, 3.8) is 0 Å². The molecule has 0 aliphatic heterocycles.